The van der Waals surface area contributed by atoms with E-state index in [-0.39, 0.29) is 6.42 Å². The maximum Gasteiger partial charge on any atom is 0.307 e. The SMILES string of the molecule is Cc1ccc2c(-c3ccc(Cl)cc3Cl)c(CC(=O)O)c(C)cc2n1. The van der Waals surface area contributed by atoms with Crippen molar-refractivity contribution >= 4 is 40.1 Å². The van der Waals surface area contributed by atoms with Crippen molar-refractivity contribution < 1.29 is 9.90 Å². The number of halogens is 2. The summed E-state index contributed by atoms with van der Waals surface area (Å²) < 4.78 is 0. The van der Waals surface area contributed by atoms with Crippen molar-refractivity contribution in [3.05, 3.63) is 63.3 Å². The van der Waals surface area contributed by atoms with Crippen LogP contribution in [0.15, 0.2) is 36.4 Å². The van der Waals surface area contributed by atoms with Crippen LogP contribution in [0.1, 0.15) is 16.8 Å². The van der Waals surface area contributed by atoms with Crippen LogP contribution in [0, 0.1) is 13.8 Å². The minimum absolute atomic E-state index is 0.0794. The first kappa shape index (κ1) is 16.7. The number of carboxylic acids is 1. The van der Waals surface area contributed by atoms with Crippen LogP contribution in [0.2, 0.25) is 10.0 Å². The van der Waals surface area contributed by atoms with Crippen molar-refractivity contribution in [3.63, 3.8) is 0 Å². The summed E-state index contributed by atoms with van der Waals surface area (Å²) in [6.45, 7) is 3.82. The van der Waals surface area contributed by atoms with Crippen molar-refractivity contribution in [3.8, 4) is 11.1 Å². The van der Waals surface area contributed by atoms with Gasteiger partial charge in [-0.05, 0) is 54.8 Å². The lowest BCUT2D eigenvalue weighted by atomic mass is 9.90. The standard InChI is InChI=1S/C19H15Cl2NO2/c1-10-7-17-14(5-3-11(2)22-17)19(15(10)9-18(23)24)13-6-4-12(20)8-16(13)21/h3-8H,9H2,1-2H3,(H,23,24). The van der Waals surface area contributed by atoms with Gasteiger partial charge in [-0.25, -0.2) is 0 Å². The molecule has 0 bridgehead atoms. The Kier molecular flexibility index (Phi) is 4.48. The monoisotopic (exact) mass is 359 g/mol. The van der Waals surface area contributed by atoms with Gasteiger partial charge in [-0.2, -0.15) is 0 Å². The number of pyridine rings is 1. The van der Waals surface area contributed by atoms with Crippen LogP contribution in [-0.2, 0) is 11.2 Å². The number of aliphatic carboxylic acids is 1. The van der Waals surface area contributed by atoms with Gasteiger partial charge in [0.05, 0.1) is 11.9 Å². The van der Waals surface area contributed by atoms with Crippen LogP contribution in [0.3, 0.4) is 0 Å². The Hall–Kier alpha value is -2.10. The first-order valence-corrected chi connectivity index (χ1v) is 8.19. The summed E-state index contributed by atoms with van der Waals surface area (Å²) in [7, 11) is 0. The van der Waals surface area contributed by atoms with E-state index >= 15 is 0 Å². The average Bonchev–Trinajstić information content (AvgIpc) is 2.48. The Balaban J connectivity index is 2.43. The van der Waals surface area contributed by atoms with Crippen LogP contribution < -0.4 is 0 Å². The molecule has 0 spiro atoms. The second-order valence-electron chi connectivity index (χ2n) is 5.76. The van der Waals surface area contributed by atoms with Gasteiger partial charge in [0.2, 0.25) is 0 Å². The van der Waals surface area contributed by atoms with Crippen LogP contribution in [0.5, 0.6) is 0 Å². The highest BCUT2D eigenvalue weighted by atomic mass is 35.5. The Labute approximate surface area is 149 Å². The summed E-state index contributed by atoms with van der Waals surface area (Å²) >= 11 is 12.4. The van der Waals surface area contributed by atoms with E-state index in [1.165, 1.54) is 0 Å². The molecule has 0 atom stereocenters. The van der Waals surface area contributed by atoms with E-state index in [1.54, 1.807) is 12.1 Å². The summed E-state index contributed by atoms with van der Waals surface area (Å²) in [4.78, 5) is 15.9. The fraction of sp³-hybridized carbons (Fsp3) is 0.158. The van der Waals surface area contributed by atoms with Crippen LogP contribution in [0.4, 0.5) is 0 Å². The number of benzene rings is 2. The molecule has 24 heavy (non-hydrogen) atoms. The highest BCUT2D eigenvalue weighted by Gasteiger charge is 2.18. The van der Waals surface area contributed by atoms with Crippen LogP contribution in [0.25, 0.3) is 22.0 Å². The molecular formula is C19H15Cl2NO2. The molecule has 3 nitrogen and oxygen atoms in total. The molecule has 0 aliphatic carbocycles. The summed E-state index contributed by atoms with van der Waals surface area (Å²) in [5, 5.41) is 11.2. The molecule has 3 aromatic rings. The maximum absolute atomic E-state index is 11.4. The molecule has 1 N–H and O–H groups in total. The van der Waals surface area contributed by atoms with Gasteiger partial charge in [0, 0.05) is 26.7 Å². The van der Waals surface area contributed by atoms with Gasteiger partial charge in [-0.15, -0.1) is 0 Å². The average molecular weight is 360 g/mol. The van der Waals surface area contributed by atoms with E-state index in [9.17, 15) is 9.90 Å². The van der Waals surface area contributed by atoms with Gasteiger partial charge in [0.1, 0.15) is 0 Å². The first-order valence-electron chi connectivity index (χ1n) is 7.44. The maximum atomic E-state index is 11.4. The van der Waals surface area contributed by atoms with E-state index in [4.69, 9.17) is 23.2 Å². The summed E-state index contributed by atoms with van der Waals surface area (Å²) in [5.74, 6) is -0.885. The van der Waals surface area contributed by atoms with Gasteiger partial charge in [-0.3, -0.25) is 9.78 Å². The fourth-order valence-electron chi connectivity index (χ4n) is 2.93. The largest absolute Gasteiger partial charge is 0.481 e. The first-order chi connectivity index (χ1) is 11.4. The number of hydrogen-bond donors (Lipinski definition) is 1. The van der Waals surface area contributed by atoms with E-state index in [1.807, 2.05) is 38.1 Å². The number of aryl methyl sites for hydroxylation is 2. The number of rotatable bonds is 3. The molecule has 3 rings (SSSR count). The van der Waals surface area contributed by atoms with E-state index in [0.717, 1.165) is 38.9 Å². The molecule has 0 aliphatic rings. The van der Waals surface area contributed by atoms with Crippen LogP contribution >= 0.6 is 23.2 Å². The second-order valence-corrected chi connectivity index (χ2v) is 6.60. The van der Waals surface area contributed by atoms with Crippen molar-refractivity contribution in [1.29, 1.82) is 0 Å². The summed E-state index contributed by atoms with van der Waals surface area (Å²) in [5.41, 5.74) is 4.91. The third-order valence-electron chi connectivity index (χ3n) is 3.99. The number of carboxylic acid groups (broad SMARTS) is 1. The fourth-order valence-corrected chi connectivity index (χ4v) is 3.43. The van der Waals surface area contributed by atoms with Crippen LogP contribution in [-0.4, -0.2) is 16.1 Å². The molecule has 0 amide bonds. The molecule has 0 radical (unpaired) electrons. The lowest BCUT2D eigenvalue weighted by Crippen LogP contribution is -2.05. The molecule has 0 unspecified atom stereocenters. The molecule has 5 heteroatoms. The quantitative estimate of drug-likeness (QED) is 0.675. The Morgan fingerprint density at radius 1 is 1.12 bits per heavy atom. The number of fused-ring (bicyclic) bond motifs is 1. The lowest BCUT2D eigenvalue weighted by Gasteiger charge is -2.16. The van der Waals surface area contributed by atoms with Gasteiger partial charge < -0.3 is 5.11 Å². The minimum atomic E-state index is -0.885. The number of hydrogen-bond acceptors (Lipinski definition) is 2. The molecule has 1 heterocycles. The second kappa shape index (κ2) is 6.42. The topological polar surface area (TPSA) is 50.2 Å². The molecule has 0 fully saturated rings. The number of nitrogens with zero attached hydrogens (tertiary/aromatic N) is 1. The predicted molar refractivity (Wildman–Crippen MR) is 98.0 cm³/mol. The van der Waals surface area contributed by atoms with Crippen molar-refractivity contribution in [2.45, 2.75) is 20.3 Å². The van der Waals surface area contributed by atoms with E-state index in [2.05, 4.69) is 4.98 Å². The smallest absolute Gasteiger partial charge is 0.307 e. The zero-order chi connectivity index (χ0) is 17.4. The molecule has 0 saturated carbocycles. The zero-order valence-corrected chi connectivity index (χ0v) is 14.7. The van der Waals surface area contributed by atoms with Gasteiger partial charge in [0.15, 0.2) is 0 Å². The zero-order valence-electron chi connectivity index (χ0n) is 13.2. The Morgan fingerprint density at radius 2 is 1.88 bits per heavy atom. The normalized spacial score (nSPS) is 11.0. The Morgan fingerprint density at radius 3 is 2.54 bits per heavy atom. The van der Waals surface area contributed by atoms with E-state index < -0.39 is 5.97 Å². The molecule has 1 aromatic heterocycles. The summed E-state index contributed by atoms with van der Waals surface area (Å²) in [6.07, 6.45) is -0.0794. The number of aromatic nitrogens is 1. The third kappa shape index (κ3) is 3.10. The van der Waals surface area contributed by atoms with Gasteiger partial charge in [-0.1, -0.05) is 35.3 Å². The lowest BCUT2D eigenvalue weighted by molar-refractivity contribution is -0.136. The molecule has 0 aliphatic heterocycles. The highest BCUT2D eigenvalue weighted by molar-refractivity contribution is 6.36. The predicted octanol–water partition coefficient (Wildman–Crippen LogP) is 5.45. The third-order valence-corrected chi connectivity index (χ3v) is 4.54. The van der Waals surface area contributed by atoms with E-state index in [0.29, 0.717) is 10.0 Å². The molecular weight excluding hydrogens is 345 g/mol. The molecule has 2 aromatic carbocycles. The summed E-state index contributed by atoms with van der Waals surface area (Å²) in [6, 6.07) is 11.0. The highest BCUT2D eigenvalue weighted by Crippen LogP contribution is 2.39. The number of carbonyl (C=O) groups is 1. The van der Waals surface area contributed by atoms with Gasteiger partial charge in [0.25, 0.3) is 0 Å². The van der Waals surface area contributed by atoms with Crippen molar-refractivity contribution in [1.82, 2.24) is 4.98 Å². The Bertz CT molecular complexity index is 967. The minimum Gasteiger partial charge on any atom is -0.481 e. The van der Waals surface area contributed by atoms with Crippen molar-refractivity contribution in [2.75, 3.05) is 0 Å². The van der Waals surface area contributed by atoms with Crippen molar-refractivity contribution in [2.24, 2.45) is 0 Å². The molecule has 122 valence electrons. The molecule has 0 saturated heterocycles. The van der Waals surface area contributed by atoms with Gasteiger partial charge >= 0.3 is 5.97 Å².